The number of halogens is 4. The Kier molecular flexibility index (Phi) is 5.66. The number of urea groups is 1. The summed E-state index contributed by atoms with van der Waals surface area (Å²) in [6.07, 6.45) is -4.43. The number of hydrogen-bond acceptors (Lipinski definition) is 4. The van der Waals surface area contributed by atoms with E-state index in [0.717, 1.165) is 16.6 Å². The third-order valence-electron chi connectivity index (χ3n) is 4.66. The van der Waals surface area contributed by atoms with E-state index in [2.05, 4.69) is 36.6 Å². The molecule has 0 aliphatic heterocycles. The Bertz CT molecular complexity index is 1260. The first-order valence-electron chi connectivity index (χ1n) is 9.14. The van der Waals surface area contributed by atoms with Crippen molar-refractivity contribution in [3.8, 4) is 22.5 Å². The third kappa shape index (κ3) is 4.33. The molecular weight excluding hydrogens is 489 g/mol. The van der Waals surface area contributed by atoms with Crippen LogP contribution in [0.3, 0.4) is 0 Å². The second-order valence-electron chi connectivity index (χ2n) is 6.70. The number of nitrogens with two attached hydrogens (primary N) is 1. The number of carbonyl (C=O) groups is 1. The molecule has 0 saturated carbocycles. The number of primary amides is 1. The SMILES string of the molecule is NC(=O)N(c1cccc(Br)c1)c1ccc(-c2ccc(C(F)(F)F)cc2)cc1-c1nn[nH]n1. The van der Waals surface area contributed by atoms with E-state index in [-0.39, 0.29) is 5.82 Å². The van der Waals surface area contributed by atoms with Crippen molar-refractivity contribution in [3.63, 3.8) is 0 Å². The molecule has 1 heterocycles. The van der Waals surface area contributed by atoms with Crippen LogP contribution in [-0.2, 0) is 6.18 Å². The Labute approximate surface area is 188 Å². The smallest absolute Gasteiger partial charge is 0.351 e. The minimum absolute atomic E-state index is 0.190. The van der Waals surface area contributed by atoms with Crippen LogP contribution in [0.15, 0.2) is 71.2 Å². The van der Waals surface area contributed by atoms with Gasteiger partial charge in [-0.3, -0.25) is 4.90 Å². The summed E-state index contributed by atoms with van der Waals surface area (Å²) < 4.78 is 39.4. The van der Waals surface area contributed by atoms with Crippen LogP contribution in [0.5, 0.6) is 0 Å². The van der Waals surface area contributed by atoms with E-state index in [1.807, 2.05) is 0 Å². The van der Waals surface area contributed by atoms with Crippen LogP contribution in [0, 0.1) is 0 Å². The van der Waals surface area contributed by atoms with Crippen LogP contribution in [0.4, 0.5) is 29.3 Å². The van der Waals surface area contributed by atoms with Crippen LogP contribution in [0.25, 0.3) is 22.5 Å². The molecule has 1 aromatic heterocycles. The fourth-order valence-corrected chi connectivity index (χ4v) is 3.60. The minimum Gasteiger partial charge on any atom is -0.351 e. The average Bonchev–Trinajstić information content (AvgIpc) is 3.28. The molecular formula is C21H14BrF3N6O. The fourth-order valence-electron chi connectivity index (χ4n) is 3.22. The molecule has 11 heteroatoms. The molecule has 0 radical (unpaired) electrons. The summed E-state index contributed by atoms with van der Waals surface area (Å²) in [6, 6.07) is 16.0. The zero-order chi connectivity index (χ0) is 22.9. The second-order valence-corrected chi connectivity index (χ2v) is 7.61. The predicted molar refractivity (Wildman–Crippen MR) is 116 cm³/mol. The molecule has 0 aliphatic rings. The van der Waals surface area contributed by atoms with Crippen LogP contribution in [0.1, 0.15) is 5.56 Å². The number of amides is 2. The lowest BCUT2D eigenvalue weighted by molar-refractivity contribution is -0.137. The lowest BCUT2D eigenvalue weighted by atomic mass is 9.99. The van der Waals surface area contributed by atoms with Crippen molar-refractivity contribution < 1.29 is 18.0 Å². The third-order valence-corrected chi connectivity index (χ3v) is 5.15. The van der Waals surface area contributed by atoms with Gasteiger partial charge in [-0.05, 0) is 58.8 Å². The van der Waals surface area contributed by atoms with Gasteiger partial charge in [-0.1, -0.05) is 40.2 Å². The maximum atomic E-state index is 12.9. The normalized spacial score (nSPS) is 11.4. The highest BCUT2D eigenvalue weighted by Gasteiger charge is 2.30. The van der Waals surface area contributed by atoms with Crippen LogP contribution < -0.4 is 10.6 Å². The van der Waals surface area contributed by atoms with Gasteiger partial charge in [0.1, 0.15) is 0 Å². The molecule has 0 fully saturated rings. The maximum Gasteiger partial charge on any atom is 0.416 e. The molecule has 0 bridgehead atoms. The summed E-state index contributed by atoms with van der Waals surface area (Å²) in [6.45, 7) is 0. The van der Waals surface area contributed by atoms with E-state index in [1.165, 1.54) is 17.0 Å². The second kappa shape index (κ2) is 8.42. The van der Waals surface area contributed by atoms with Gasteiger partial charge >= 0.3 is 12.2 Å². The van der Waals surface area contributed by atoms with E-state index >= 15 is 0 Å². The minimum atomic E-state index is -4.43. The van der Waals surface area contributed by atoms with Gasteiger partial charge in [0, 0.05) is 10.0 Å². The van der Waals surface area contributed by atoms with Crippen molar-refractivity contribution in [2.75, 3.05) is 4.90 Å². The number of benzene rings is 3. The predicted octanol–water partition coefficient (Wildman–Crippen LogP) is 5.53. The molecule has 4 aromatic rings. The molecule has 0 unspecified atom stereocenters. The maximum absolute atomic E-state index is 12.9. The first-order valence-corrected chi connectivity index (χ1v) is 9.94. The molecule has 0 atom stereocenters. The van der Waals surface area contributed by atoms with Gasteiger partial charge in [0.2, 0.25) is 5.82 Å². The Balaban J connectivity index is 1.85. The number of aromatic amines is 1. The van der Waals surface area contributed by atoms with Crippen LogP contribution in [-0.4, -0.2) is 26.7 Å². The van der Waals surface area contributed by atoms with Gasteiger partial charge < -0.3 is 5.73 Å². The Morgan fingerprint density at radius 1 is 1.00 bits per heavy atom. The standard InChI is InChI=1S/C21H14BrF3N6O/c22-15-2-1-3-16(11-15)31(20(26)32)18-9-6-13(10-17(18)19-27-29-30-28-19)12-4-7-14(8-5-12)21(23,24)25/h1-11H,(H2,26,32)(H,27,28,29,30). The molecule has 7 nitrogen and oxygen atoms in total. The van der Waals surface area contributed by atoms with E-state index in [4.69, 9.17) is 5.73 Å². The van der Waals surface area contributed by atoms with E-state index < -0.39 is 17.8 Å². The molecule has 32 heavy (non-hydrogen) atoms. The highest BCUT2D eigenvalue weighted by Crippen LogP contribution is 2.38. The van der Waals surface area contributed by atoms with Crippen molar-refractivity contribution in [3.05, 3.63) is 76.8 Å². The van der Waals surface area contributed by atoms with Gasteiger partial charge in [0.05, 0.1) is 16.9 Å². The van der Waals surface area contributed by atoms with Crippen molar-refractivity contribution in [2.24, 2.45) is 5.73 Å². The first kappa shape index (κ1) is 21.5. The number of hydrogen-bond donors (Lipinski definition) is 2. The quantitative estimate of drug-likeness (QED) is 0.382. The summed E-state index contributed by atoms with van der Waals surface area (Å²) in [5.41, 5.74) is 7.37. The lowest BCUT2D eigenvalue weighted by Crippen LogP contribution is -2.31. The topological polar surface area (TPSA) is 101 Å². The van der Waals surface area contributed by atoms with Crippen molar-refractivity contribution >= 4 is 33.3 Å². The molecule has 0 spiro atoms. The van der Waals surface area contributed by atoms with E-state index in [1.54, 1.807) is 42.5 Å². The number of alkyl halides is 3. The summed E-state index contributed by atoms with van der Waals surface area (Å²) >= 11 is 3.37. The Hall–Kier alpha value is -3.73. The summed E-state index contributed by atoms with van der Waals surface area (Å²) in [7, 11) is 0. The number of rotatable bonds is 4. The molecule has 2 amide bonds. The summed E-state index contributed by atoms with van der Waals surface area (Å²) in [5.74, 6) is 0.190. The number of aromatic nitrogens is 4. The monoisotopic (exact) mass is 502 g/mol. The van der Waals surface area contributed by atoms with Gasteiger partial charge in [0.25, 0.3) is 0 Å². The Morgan fingerprint density at radius 2 is 1.72 bits per heavy atom. The van der Waals surface area contributed by atoms with E-state index in [0.29, 0.717) is 28.1 Å². The number of anilines is 2. The fraction of sp³-hybridized carbons (Fsp3) is 0.0476. The Morgan fingerprint density at radius 3 is 2.31 bits per heavy atom. The van der Waals surface area contributed by atoms with E-state index in [9.17, 15) is 18.0 Å². The van der Waals surface area contributed by atoms with Crippen molar-refractivity contribution in [1.29, 1.82) is 0 Å². The summed E-state index contributed by atoms with van der Waals surface area (Å²) in [5, 5.41) is 13.9. The zero-order valence-corrected chi connectivity index (χ0v) is 17.7. The van der Waals surface area contributed by atoms with Gasteiger partial charge in [-0.2, -0.15) is 18.4 Å². The molecule has 3 N–H and O–H groups in total. The van der Waals surface area contributed by atoms with Gasteiger partial charge in [-0.25, -0.2) is 4.79 Å². The molecule has 3 aromatic carbocycles. The number of carbonyl (C=O) groups excluding carboxylic acids is 1. The number of nitrogens with zero attached hydrogens (tertiary/aromatic N) is 4. The molecule has 162 valence electrons. The van der Waals surface area contributed by atoms with Crippen LogP contribution >= 0.6 is 15.9 Å². The lowest BCUT2D eigenvalue weighted by Gasteiger charge is -2.23. The highest BCUT2D eigenvalue weighted by molar-refractivity contribution is 9.10. The molecule has 0 aliphatic carbocycles. The number of H-pyrrole nitrogens is 1. The average molecular weight is 503 g/mol. The zero-order valence-electron chi connectivity index (χ0n) is 16.1. The number of tetrazole rings is 1. The summed E-state index contributed by atoms with van der Waals surface area (Å²) in [4.78, 5) is 13.7. The van der Waals surface area contributed by atoms with Gasteiger partial charge in [-0.15, -0.1) is 10.2 Å². The largest absolute Gasteiger partial charge is 0.416 e. The molecule has 4 rings (SSSR count). The highest BCUT2D eigenvalue weighted by atomic mass is 79.9. The number of nitrogens with one attached hydrogen (secondary N) is 1. The van der Waals surface area contributed by atoms with Gasteiger partial charge in [0.15, 0.2) is 0 Å². The first-order chi connectivity index (χ1) is 15.2. The molecule has 0 saturated heterocycles. The van der Waals surface area contributed by atoms with Crippen molar-refractivity contribution in [2.45, 2.75) is 6.18 Å². The van der Waals surface area contributed by atoms with Crippen LogP contribution in [0.2, 0.25) is 0 Å². The van der Waals surface area contributed by atoms with Crippen molar-refractivity contribution in [1.82, 2.24) is 20.6 Å².